The zero-order chi connectivity index (χ0) is 19.7. The van der Waals surface area contributed by atoms with Crippen molar-refractivity contribution in [2.24, 2.45) is 0 Å². The molecule has 0 saturated heterocycles. The maximum atomic E-state index is 11.2. The Balaban J connectivity index is 1.80. The van der Waals surface area contributed by atoms with Crippen molar-refractivity contribution in [3.05, 3.63) is 65.9 Å². The predicted octanol–water partition coefficient (Wildman–Crippen LogP) is 3.98. The molecular weight excluding hydrogens is 352 g/mol. The van der Waals surface area contributed by atoms with E-state index in [4.69, 9.17) is 9.84 Å². The van der Waals surface area contributed by atoms with Gasteiger partial charge in [0.15, 0.2) is 0 Å². The van der Waals surface area contributed by atoms with Crippen molar-refractivity contribution >= 4 is 0 Å². The summed E-state index contributed by atoms with van der Waals surface area (Å²) in [5.74, 6) is 0.785. The molecule has 1 heterocycles. The zero-order valence-corrected chi connectivity index (χ0v) is 16.3. The van der Waals surface area contributed by atoms with E-state index in [-0.39, 0.29) is 6.10 Å². The summed E-state index contributed by atoms with van der Waals surface area (Å²) in [4.78, 5) is 0. The van der Waals surface area contributed by atoms with Crippen molar-refractivity contribution in [3.8, 4) is 22.7 Å². The highest BCUT2D eigenvalue weighted by atomic mass is 16.5. The van der Waals surface area contributed by atoms with Crippen molar-refractivity contribution in [2.75, 3.05) is 7.11 Å². The van der Waals surface area contributed by atoms with E-state index >= 15 is 0 Å². The van der Waals surface area contributed by atoms with Crippen LogP contribution in [0.5, 0.6) is 5.75 Å². The van der Waals surface area contributed by atoms with Crippen LogP contribution in [0, 0.1) is 6.92 Å². The summed E-state index contributed by atoms with van der Waals surface area (Å²) in [7, 11) is 1.64. The Kier molecular flexibility index (Phi) is 4.96. The third-order valence-corrected chi connectivity index (χ3v) is 5.63. The topological polar surface area (TPSA) is 67.5 Å². The number of rotatable bonds is 4. The first-order valence-corrected chi connectivity index (χ1v) is 9.71. The van der Waals surface area contributed by atoms with Crippen LogP contribution in [0.1, 0.15) is 36.9 Å². The molecule has 1 aromatic heterocycles. The summed E-state index contributed by atoms with van der Waals surface area (Å²) in [6, 6.07) is 18.0. The summed E-state index contributed by atoms with van der Waals surface area (Å²) in [5, 5.41) is 25.8. The van der Waals surface area contributed by atoms with Crippen LogP contribution >= 0.6 is 0 Å². The van der Waals surface area contributed by atoms with Crippen molar-refractivity contribution in [3.63, 3.8) is 0 Å². The molecule has 0 atom stereocenters. The highest BCUT2D eigenvalue weighted by Crippen LogP contribution is 2.38. The normalized spacial score (nSPS) is 22.2. The molecule has 0 spiro atoms. The predicted molar refractivity (Wildman–Crippen MR) is 109 cm³/mol. The summed E-state index contributed by atoms with van der Waals surface area (Å²) in [5.41, 5.74) is 3.72. The smallest absolute Gasteiger partial charge is 0.119 e. The number of nitrogens with zero attached hydrogens (tertiary/aromatic N) is 2. The van der Waals surface area contributed by atoms with Gasteiger partial charge < -0.3 is 14.9 Å². The lowest BCUT2D eigenvalue weighted by Crippen LogP contribution is -2.33. The largest absolute Gasteiger partial charge is 0.497 e. The first-order chi connectivity index (χ1) is 13.5. The molecular formula is C23H26N2O3. The summed E-state index contributed by atoms with van der Waals surface area (Å²) < 4.78 is 7.14. The molecule has 2 aromatic carbocycles. The maximum absolute atomic E-state index is 11.2. The Morgan fingerprint density at radius 3 is 2.29 bits per heavy atom. The average Bonchev–Trinajstić information content (AvgIpc) is 3.17. The Bertz CT molecular complexity index is 937. The van der Waals surface area contributed by atoms with Crippen molar-refractivity contribution in [1.29, 1.82) is 0 Å². The van der Waals surface area contributed by atoms with Crippen LogP contribution in [-0.2, 0) is 5.60 Å². The molecule has 1 aliphatic rings. The van der Waals surface area contributed by atoms with Gasteiger partial charge in [0.2, 0.25) is 0 Å². The van der Waals surface area contributed by atoms with Gasteiger partial charge in [-0.05, 0) is 62.9 Å². The van der Waals surface area contributed by atoms with Crippen LogP contribution in [0.4, 0.5) is 0 Å². The van der Waals surface area contributed by atoms with Gasteiger partial charge in [0.1, 0.15) is 11.4 Å². The molecule has 1 saturated carbocycles. The minimum Gasteiger partial charge on any atom is -0.497 e. The molecule has 0 unspecified atom stereocenters. The lowest BCUT2D eigenvalue weighted by atomic mass is 9.81. The summed E-state index contributed by atoms with van der Waals surface area (Å²) in [6.07, 6.45) is 1.88. The Labute approximate surface area is 165 Å². The van der Waals surface area contributed by atoms with Crippen molar-refractivity contribution < 1.29 is 14.9 Å². The minimum absolute atomic E-state index is 0.333. The van der Waals surface area contributed by atoms with Crippen LogP contribution in [0.25, 0.3) is 16.9 Å². The van der Waals surface area contributed by atoms with Gasteiger partial charge in [-0.3, -0.25) is 0 Å². The molecule has 146 valence electrons. The van der Waals surface area contributed by atoms with Crippen molar-refractivity contribution in [1.82, 2.24) is 9.78 Å². The van der Waals surface area contributed by atoms with Crippen LogP contribution in [-0.4, -0.2) is 33.2 Å². The van der Waals surface area contributed by atoms with E-state index in [1.807, 2.05) is 35.0 Å². The highest BCUT2D eigenvalue weighted by molar-refractivity contribution is 5.63. The van der Waals surface area contributed by atoms with E-state index in [0.717, 1.165) is 22.7 Å². The van der Waals surface area contributed by atoms with Crippen LogP contribution in [0.2, 0.25) is 0 Å². The third-order valence-electron chi connectivity index (χ3n) is 5.63. The number of aryl methyl sites for hydroxylation is 1. The van der Waals surface area contributed by atoms with Gasteiger partial charge in [-0.15, -0.1) is 0 Å². The average molecular weight is 378 g/mol. The first-order valence-electron chi connectivity index (χ1n) is 9.71. The van der Waals surface area contributed by atoms with E-state index in [0.29, 0.717) is 31.4 Å². The van der Waals surface area contributed by atoms with Gasteiger partial charge in [0.05, 0.1) is 30.3 Å². The van der Waals surface area contributed by atoms with Gasteiger partial charge in [-0.1, -0.05) is 29.8 Å². The number of ether oxygens (including phenoxy) is 1. The van der Waals surface area contributed by atoms with E-state index in [1.54, 1.807) is 7.11 Å². The molecule has 3 aromatic rings. The van der Waals surface area contributed by atoms with E-state index in [9.17, 15) is 10.2 Å². The summed E-state index contributed by atoms with van der Waals surface area (Å²) >= 11 is 0. The van der Waals surface area contributed by atoms with E-state index in [2.05, 4.69) is 31.2 Å². The highest BCUT2D eigenvalue weighted by Gasteiger charge is 2.37. The fourth-order valence-corrected chi connectivity index (χ4v) is 3.79. The molecule has 4 rings (SSSR count). The monoisotopic (exact) mass is 378 g/mol. The van der Waals surface area contributed by atoms with Gasteiger partial charge in [-0.2, -0.15) is 5.10 Å². The lowest BCUT2D eigenvalue weighted by Gasteiger charge is -2.32. The molecule has 0 amide bonds. The number of hydrogen-bond acceptors (Lipinski definition) is 4. The molecule has 28 heavy (non-hydrogen) atoms. The second-order valence-electron chi connectivity index (χ2n) is 7.65. The molecule has 0 bridgehead atoms. The Hall–Kier alpha value is -2.63. The molecule has 0 radical (unpaired) electrons. The van der Waals surface area contributed by atoms with E-state index in [1.165, 1.54) is 5.56 Å². The van der Waals surface area contributed by atoms with Gasteiger partial charge in [0.25, 0.3) is 0 Å². The van der Waals surface area contributed by atoms with Gasteiger partial charge >= 0.3 is 0 Å². The SMILES string of the molecule is COc1ccc(-n2nc(C3(O)CCC(O)CC3)cc2-c2ccc(C)cc2)cc1. The quantitative estimate of drug-likeness (QED) is 0.721. The second-order valence-corrected chi connectivity index (χ2v) is 7.65. The second kappa shape index (κ2) is 7.41. The number of methoxy groups -OCH3 is 1. The molecule has 0 aliphatic heterocycles. The van der Waals surface area contributed by atoms with Gasteiger partial charge in [-0.25, -0.2) is 4.68 Å². The number of aliphatic hydroxyl groups excluding tert-OH is 1. The third kappa shape index (κ3) is 3.55. The number of aliphatic hydroxyl groups is 2. The molecule has 1 aliphatic carbocycles. The Morgan fingerprint density at radius 2 is 1.68 bits per heavy atom. The van der Waals surface area contributed by atoms with Gasteiger partial charge in [0, 0.05) is 5.56 Å². The lowest BCUT2D eigenvalue weighted by molar-refractivity contribution is -0.0393. The number of hydrogen-bond donors (Lipinski definition) is 2. The fraction of sp³-hybridized carbons (Fsp3) is 0.348. The maximum Gasteiger partial charge on any atom is 0.119 e. The summed E-state index contributed by atoms with van der Waals surface area (Å²) in [6.45, 7) is 2.06. The van der Waals surface area contributed by atoms with Crippen LogP contribution in [0.3, 0.4) is 0 Å². The fourth-order valence-electron chi connectivity index (χ4n) is 3.79. The number of aromatic nitrogens is 2. The molecule has 2 N–H and O–H groups in total. The molecule has 5 heteroatoms. The van der Waals surface area contributed by atoms with E-state index < -0.39 is 5.60 Å². The number of benzene rings is 2. The standard InChI is InChI=1S/C23H26N2O3/c1-16-3-5-17(6-4-16)21-15-22(23(27)13-11-19(26)12-14-23)24-25(21)18-7-9-20(28-2)10-8-18/h3-10,15,19,26-27H,11-14H2,1-2H3. The molecule has 1 fully saturated rings. The van der Waals surface area contributed by atoms with Crippen LogP contribution in [0.15, 0.2) is 54.6 Å². The zero-order valence-electron chi connectivity index (χ0n) is 16.3. The Morgan fingerprint density at radius 1 is 1.04 bits per heavy atom. The minimum atomic E-state index is -1.00. The van der Waals surface area contributed by atoms with Crippen molar-refractivity contribution in [2.45, 2.75) is 44.3 Å². The first kappa shape index (κ1) is 18.7. The molecule has 5 nitrogen and oxygen atoms in total. The van der Waals surface area contributed by atoms with Crippen LogP contribution < -0.4 is 4.74 Å².